The van der Waals surface area contributed by atoms with Gasteiger partial charge in [-0.25, -0.2) is 9.36 Å². The highest BCUT2D eigenvalue weighted by Gasteiger charge is 2.35. The molecule has 0 amide bonds. The maximum absolute atomic E-state index is 13.3. The summed E-state index contributed by atoms with van der Waals surface area (Å²) in [7, 11) is 0. The number of hydrogen-bond acceptors (Lipinski definition) is 2. The molecule has 0 atom stereocenters. The first-order chi connectivity index (χ1) is 11.9. The molecule has 0 saturated carbocycles. The zero-order chi connectivity index (χ0) is 17.8. The Kier molecular flexibility index (Phi) is 3.48. The summed E-state index contributed by atoms with van der Waals surface area (Å²) in [5, 5.41) is 0.556. The second-order valence-corrected chi connectivity index (χ2v) is 7.45. The van der Waals surface area contributed by atoms with Gasteiger partial charge in [0.05, 0.1) is 11.4 Å². The summed E-state index contributed by atoms with van der Waals surface area (Å²) >= 11 is 5.92. The number of rotatable bonds is 1. The van der Waals surface area contributed by atoms with E-state index >= 15 is 0 Å². The van der Waals surface area contributed by atoms with Gasteiger partial charge < -0.3 is 4.98 Å². The molecule has 0 unspecified atom stereocenters. The maximum Gasteiger partial charge on any atom is 0.333 e. The van der Waals surface area contributed by atoms with Crippen LogP contribution in [-0.2, 0) is 11.8 Å². The summed E-state index contributed by atoms with van der Waals surface area (Å²) in [6.45, 7) is 4.07. The molecule has 5 heteroatoms. The molecule has 0 bridgehead atoms. The SMILES string of the molecule is CC1(C)Cc2ccccc2-c2[nH]c(=O)n(-c3ccc(Cl)cc3)c(=O)c21. The number of fused-ring (bicyclic) bond motifs is 3. The maximum atomic E-state index is 13.3. The lowest BCUT2D eigenvalue weighted by atomic mass is 9.72. The summed E-state index contributed by atoms with van der Waals surface area (Å²) in [4.78, 5) is 28.9. The molecule has 1 aromatic heterocycles. The fourth-order valence-electron chi connectivity index (χ4n) is 3.67. The van der Waals surface area contributed by atoms with Crippen molar-refractivity contribution in [1.29, 1.82) is 0 Å². The van der Waals surface area contributed by atoms with Crippen molar-refractivity contribution in [2.24, 2.45) is 0 Å². The molecule has 3 aromatic rings. The molecule has 1 aliphatic carbocycles. The fraction of sp³-hybridized carbons (Fsp3) is 0.200. The normalized spacial score (nSPS) is 14.7. The van der Waals surface area contributed by atoms with E-state index in [4.69, 9.17) is 11.6 Å². The highest BCUT2D eigenvalue weighted by Crippen LogP contribution is 2.39. The fourth-order valence-corrected chi connectivity index (χ4v) is 3.80. The third-order valence-electron chi connectivity index (χ3n) is 4.78. The van der Waals surface area contributed by atoms with E-state index in [0.717, 1.165) is 17.5 Å². The molecule has 1 N–H and O–H groups in total. The molecule has 0 saturated heterocycles. The smallest absolute Gasteiger partial charge is 0.306 e. The van der Waals surface area contributed by atoms with E-state index in [0.29, 0.717) is 22.0 Å². The van der Waals surface area contributed by atoms with Crippen molar-refractivity contribution in [3.05, 3.63) is 85.5 Å². The monoisotopic (exact) mass is 352 g/mol. The molecular weight excluding hydrogens is 336 g/mol. The van der Waals surface area contributed by atoms with Crippen LogP contribution in [0.4, 0.5) is 0 Å². The summed E-state index contributed by atoms with van der Waals surface area (Å²) in [5.74, 6) is 0. The molecule has 2 aromatic carbocycles. The minimum atomic E-state index is -0.446. The van der Waals surface area contributed by atoms with Gasteiger partial charge in [-0.3, -0.25) is 4.79 Å². The minimum absolute atomic E-state index is 0.277. The Balaban J connectivity index is 2.07. The van der Waals surface area contributed by atoms with Crippen LogP contribution in [0.15, 0.2) is 58.1 Å². The molecule has 0 aliphatic heterocycles. The Hall–Kier alpha value is -2.59. The van der Waals surface area contributed by atoms with Gasteiger partial charge in [0.25, 0.3) is 5.56 Å². The Morgan fingerprint density at radius 3 is 2.44 bits per heavy atom. The van der Waals surface area contributed by atoms with E-state index in [-0.39, 0.29) is 11.0 Å². The Labute approximate surface area is 149 Å². The van der Waals surface area contributed by atoms with Crippen LogP contribution < -0.4 is 11.2 Å². The molecule has 0 fully saturated rings. The van der Waals surface area contributed by atoms with Crippen LogP contribution in [0.1, 0.15) is 25.0 Å². The second kappa shape index (κ2) is 5.46. The molecular formula is C20H17ClN2O2. The third-order valence-corrected chi connectivity index (χ3v) is 5.03. The average molecular weight is 353 g/mol. The van der Waals surface area contributed by atoms with Crippen LogP contribution in [-0.4, -0.2) is 9.55 Å². The predicted molar refractivity (Wildman–Crippen MR) is 99.8 cm³/mol. The summed E-state index contributed by atoms with van der Waals surface area (Å²) < 4.78 is 1.19. The van der Waals surface area contributed by atoms with Crippen LogP contribution in [0.2, 0.25) is 5.02 Å². The number of H-pyrrole nitrogens is 1. The molecule has 1 heterocycles. The first-order valence-electron chi connectivity index (χ1n) is 8.12. The third kappa shape index (κ3) is 2.45. The van der Waals surface area contributed by atoms with Crippen molar-refractivity contribution in [3.63, 3.8) is 0 Å². The van der Waals surface area contributed by atoms with E-state index in [1.165, 1.54) is 4.57 Å². The summed E-state index contributed by atoms with van der Waals surface area (Å²) in [5.41, 5.74) is 2.74. The van der Waals surface area contributed by atoms with Crippen LogP contribution in [0.25, 0.3) is 16.9 Å². The molecule has 0 spiro atoms. The van der Waals surface area contributed by atoms with Gasteiger partial charge in [0.15, 0.2) is 0 Å². The number of benzene rings is 2. The van der Waals surface area contributed by atoms with E-state index < -0.39 is 5.69 Å². The number of aromatic amines is 1. The zero-order valence-corrected chi connectivity index (χ0v) is 14.7. The largest absolute Gasteiger partial charge is 0.333 e. The van der Waals surface area contributed by atoms with Gasteiger partial charge in [-0.15, -0.1) is 0 Å². The van der Waals surface area contributed by atoms with Gasteiger partial charge in [-0.05, 0) is 36.2 Å². The van der Waals surface area contributed by atoms with Crippen molar-refractivity contribution in [2.45, 2.75) is 25.7 Å². The highest BCUT2D eigenvalue weighted by molar-refractivity contribution is 6.30. The Morgan fingerprint density at radius 2 is 1.72 bits per heavy atom. The first-order valence-corrected chi connectivity index (χ1v) is 8.50. The average Bonchev–Trinajstić information content (AvgIpc) is 2.55. The van der Waals surface area contributed by atoms with E-state index in [1.807, 2.05) is 38.1 Å². The van der Waals surface area contributed by atoms with Crippen molar-refractivity contribution in [2.75, 3.05) is 0 Å². The van der Waals surface area contributed by atoms with Gasteiger partial charge in [-0.2, -0.15) is 0 Å². The molecule has 4 nitrogen and oxygen atoms in total. The van der Waals surface area contributed by atoms with Gasteiger partial charge in [0.2, 0.25) is 0 Å². The van der Waals surface area contributed by atoms with Crippen LogP contribution in [0.5, 0.6) is 0 Å². The molecule has 1 aliphatic rings. The van der Waals surface area contributed by atoms with Crippen LogP contribution >= 0.6 is 11.6 Å². The second-order valence-electron chi connectivity index (χ2n) is 7.01. The highest BCUT2D eigenvalue weighted by atomic mass is 35.5. The predicted octanol–water partition coefficient (Wildman–Crippen LogP) is 3.68. The first kappa shape index (κ1) is 15.9. The van der Waals surface area contributed by atoms with Crippen molar-refractivity contribution in [1.82, 2.24) is 9.55 Å². The lowest BCUT2D eigenvalue weighted by molar-refractivity contribution is 0.502. The molecule has 0 radical (unpaired) electrons. The van der Waals surface area contributed by atoms with Crippen molar-refractivity contribution < 1.29 is 0 Å². The number of halogens is 1. The summed E-state index contributed by atoms with van der Waals surface area (Å²) in [6.07, 6.45) is 0.748. The quantitative estimate of drug-likeness (QED) is 0.726. The van der Waals surface area contributed by atoms with Gasteiger partial charge in [-0.1, -0.05) is 49.7 Å². The van der Waals surface area contributed by atoms with E-state index in [2.05, 4.69) is 4.98 Å². The number of aromatic nitrogens is 2. The topological polar surface area (TPSA) is 54.9 Å². The number of nitrogens with zero attached hydrogens (tertiary/aromatic N) is 1. The van der Waals surface area contributed by atoms with Crippen LogP contribution in [0.3, 0.4) is 0 Å². The van der Waals surface area contributed by atoms with Crippen LogP contribution in [0, 0.1) is 0 Å². The Morgan fingerprint density at radius 1 is 1.04 bits per heavy atom. The van der Waals surface area contributed by atoms with E-state index in [1.54, 1.807) is 24.3 Å². The minimum Gasteiger partial charge on any atom is -0.306 e. The van der Waals surface area contributed by atoms with Gasteiger partial charge >= 0.3 is 5.69 Å². The van der Waals surface area contributed by atoms with Crippen molar-refractivity contribution >= 4 is 11.6 Å². The lowest BCUT2D eigenvalue weighted by Gasteiger charge is -2.33. The zero-order valence-electron chi connectivity index (χ0n) is 14.0. The lowest BCUT2D eigenvalue weighted by Crippen LogP contribution is -2.43. The van der Waals surface area contributed by atoms with Crippen molar-refractivity contribution in [3.8, 4) is 16.9 Å². The number of hydrogen-bond donors (Lipinski definition) is 1. The standard InChI is InChI=1S/C20H17ClN2O2/c1-20(2)11-12-5-3-4-6-15(12)17-16(20)18(24)23(19(25)22-17)14-9-7-13(21)8-10-14/h3-10H,11H2,1-2H3,(H,22,25). The molecule has 4 rings (SSSR count). The van der Waals surface area contributed by atoms with Gasteiger partial charge in [0.1, 0.15) is 0 Å². The molecule has 126 valence electrons. The summed E-state index contributed by atoms with van der Waals surface area (Å²) in [6, 6.07) is 14.6. The van der Waals surface area contributed by atoms with E-state index in [9.17, 15) is 9.59 Å². The van der Waals surface area contributed by atoms with Gasteiger partial charge in [0, 0.05) is 21.6 Å². The Bertz CT molecular complexity index is 1090. The number of nitrogens with one attached hydrogen (secondary N) is 1. The molecule has 25 heavy (non-hydrogen) atoms.